The van der Waals surface area contributed by atoms with Crippen LogP contribution in [0.5, 0.6) is 0 Å². The molecule has 1 N–H and O–H groups in total. The van der Waals surface area contributed by atoms with Gasteiger partial charge in [0.2, 0.25) is 5.76 Å². The van der Waals surface area contributed by atoms with E-state index in [0.29, 0.717) is 6.54 Å². The van der Waals surface area contributed by atoms with Crippen molar-refractivity contribution < 1.29 is 9.32 Å². The molecule has 2 aromatic rings. The molecule has 6 heteroatoms. The summed E-state index contributed by atoms with van der Waals surface area (Å²) in [5.74, 6) is 0.881. The molecule has 0 aliphatic rings. The van der Waals surface area contributed by atoms with Crippen LogP contribution < -0.4 is 10.2 Å². The number of carbonyl (C=O) groups is 1. The van der Waals surface area contributed by atoms with Crippen LogP contribution in [-0.2, 0) is 13.0 Å². The van der Waals surface area contributed by atoms with Crippen LogP contribution in [0.15, 0.2) is 28.9 Å². The first-order valence-electron chi connectivity index (χ1n) is 7.62. The van der Waals surface area contributed by atoms with Crippen molar-refractivity contribution in [2.45, 2.75) is 33.7 Å². The predicted octanol–water partition coefficient (Wildman–Crippen LogP) is 2.41. The molecule has 2 aromatic heterocycles. The second-order valence-electron chi connectivity index (χ2n) is 4.88. The molecule has 2 rings (SSSR count). The Hall–Kier alpha value is -2.37. The molecular weight excluding hydrogens is 280 g/mol. The minimum absolute atomic E-state index is 0.241. The number of carbonyl (C=O) groups excluding carboxylic acids is 1. The van der Waals surface area contributed by atoms with Gasteiger partial charge in [0.1, 0.15) is 5.82 Å². The normalized spacial score (nSPS) is 10.5. The van der Waals surface area contributed by atoms with Gasteiger partial charge in [-0.05, 0) is 26.3 Å². The highest BCUT2D eigenvalue weighted by Crippen LogP contribution is 2.16. The lowest BCUT2D eigenvalue weighted by atomic mass is 10.2. The molecule has 0 unspecified atom stereocenters. The van der Waals surface area contributed by atoms with E-state index in [1.807, 2.05) is 19.1 Å². The number of pyridine rings is 1. The van der Waals surface area contributed by atoms with E-state index in [1.165, 1.54) is 0 Å². The van der Waals surface area contributed by atoms with Gasteiger partial charge < -0.3 is 14.7 Å². The van der Waals surface area contributed by atoms with E-state index in [4.69, 9.17) is 4.52 Å². The summed E-state index contributed by atoms with van der Waals surface area (Å²) in [7, 11) is 0. The number of amides is 1. The van der Waals surface area contributed by atoms with E-state index in [-0.39, 0.29) is 11.7 Å². The monoisotopic (exact) mass is 302 g/mol. The third-order valence-corrected chi connectivity index (χ3v) is 3.51. The molecule has 118 valence electrons. The van der Waals surface area contributed by atoms with Crippen LogP contribution in [0.25, 0.3) is 0 Å². The van der Waals surface area contributed by atoms with Crippen molar-refractivity contribution in [3.05, 3.63) is 41.4 Å². The molecule has 0 saturated carbocycles. The van der Waals surface area contributed by atoms with E-state index < -0.39 is 0 Å². The SMILES string of the molecule is CCc1cc(C(=O)NCc2cccnc2N(CC)CC)on1. The lowest BCUT2D eigenvalue weighted by molar-refractivity contribution is 0.0914. The standard InChI is InChI=1S/C16H22N4O2/c1-4-13-10-14(22-19-13)16(21)18-11-12-8-7-9-17-15(12)20(5-2)6-3/h7-10H,4-6,11H2,1-3H3,(H,18,21). The van der Waals surface area contributed by atoms with Gasteiger partial charge in [-0.15, -0.1) is 0 Å². The van der Waals surface area contributed by atoms with Crippen LogP contribution in [-0.4, -0.2) is 29.1 Å². The first kappa shape index (κ1) is 16.0. The summed E-state index contributed by atoms with van der Waals surface area (Å²) < 4.78 is 5.04. The Kier molecular flexibility index (Phi) is 5.52. The van der Waals surface area contributed by atoms with E-state index >= 15 is 0 Å². The van der Waals surface area contributed by atoms with Crippen LogP contribution in [0, 0.1) is 0 Å². The topological polar surface area (TPSA) is 71.3 Å². The summed E-state index contributed by atoms with van der Waals surface area (Å²) in [6.07, 6.45) is 2.51. The number of hydrogen-bond donors (Lipinski definition) is 1. The highest BCUT2D eigenvalue weighted by atomic mass is 16.5. The number of aromatic nitrogens is 2. The van der Waals surface area contributed by atoms with Crippen molar-refractivity contribution in [2.75, 3.05) is 18.0 Å². The van der Waals surface area contributed by atoms with Crippen molar-refractivity contribution in [3.63, 3.8) is 0 Å². The van der Waals surface area contributed by atoms with E-state index in [2.05, 4.69) is 34.2 Å². The second-order valence-corrected chi connectivity index (χ2v) is 4.88. The lowest BCUT2D eigenvalue weighted by Crippen LogP contribution is -2.27. The summed E-state index contributed by atoms with van der Waals surface area (Å²) in [4.78, 5) is 18.7. The third-order valence-electron chi connectivity index (χ3n) is 3.51. The van der Waals surface area contributed by atoms with Gasteiger partial charge in [0, 0.05) is 37.5 Å². The van der Waals surface area contributed by atoms with Crippen LogP contribution in [0.4, 0.5) is 5.82 Å². The summed E-state index contributed by atoms with van der Waals surface area (Å²) in [5.41, 5.74) is 1.75. The molecule has 1 amide bonds. The zero-order valence-electron chi connectivity index (χ0n) is 13.3. The zero-order valence-corrected chi connectivity index (χ0v) is 13.3. The van der Waals surface area contributed by atoms with Crippen molar-refractivity contribution >= 4 is 11.7 Å². The third kappa shape index (κ3) is 3.63. The van der Waals surface area contributed by atoms with Gasteiger partial charge in [-0.2, -0.15) is 0 Å². The number of nitrogens with one attached hydrogen (secondary N) is 1. The second kappa shape index (κ2) is 7.59. The van der Waals surface area contributed by atoms with E-state index in [1.54, 1.807) is 12.3 Å². The molecule has 2 heterocycles. The Morgan fingerprint density at radius 2 is 2.09 bits per heavy atom. The first-order valence-corrected chi connectivity index (χ1v) is 7.62. The number of rotatable bonds is 7. The average Bonchev–Trinajstić information content (AvgIpc) is 3.04. The van der Waals surface area contributed by atoms with Crippen LogP contribution >= 0.6 is 0 Å². The van der Waals surface area contributed by atoms with E-state index in [9.17, 15) is 4.79 Å². The van der Waals surface area contributed by atoms with E-state index in [0.717, 1.165) is 36.6 Å². The zero-order chi connectivity index (χ0) is 15.9. The molecule has 6 nitrogen and oxygen atoms in total. The number of aryl methyl sites for hydroxylation is 1. The maximum absolute atomic E-state index is 12.1. The number of hydrogen-bond acceptors (Lipinski definition) is 5. The Labute approximate surface area is 130 Å². The Bertz CT molecular complexity index is 620. The molecule has 0 atom stereocenters. The fourth-order valence-electron chi connectivity index (χ4n) is 2.22. The molecule has 0 bridgehead atoms. The molecule has 0 aliphatic carbocycles. The van der Waals surface area contributed by atoms with Gasteiger partial charge in [-0.1, -0.05) is 18.1 Å². The summed E-state index contributed by atoms with van der Waals surface area (Å²) in [5, 5.41) is 6.68. The van der Waals surface area contributed by atoms with Crippen molar-refractivity contribution in [1.29, 1.82) is 0 Å². The minimum atomic E-state index is -0.262. The molecular formula is C16H22N4O2. The Balaban J connectivity index is 2.06. The van der Waals surface area contributed by atoms with Gasteiger partial charge >= 0.3 is 0 Å². The Morgan fingerprint density at radius 1 is 1.32 bits per heavy atom. The Morgan fingerprint density at radius 3 is 2.73 bits per heavy atom. The lowest BCUT2D eigenvalue weighted by Gasteiger charge is -2.22. The maximum Gasteiger partial charge on any atom is 0.290 e. The summed E-state index contributed by atoms with van der Waals surface area (Å²) in [6.45, 7) is 8.28. The van der Waals surface area contributed by atoms with Crippen molar-refractivity contribution in [3.8, 4) is 0 Å². The smallest absolute Gasteiger partial charge is 0.290 e. The fourth-order valence-corrected chi connectivity index (χ4v) is 2.22. The molecule has 0 aliphatic heterocycles. The van der Waals surface area contributed by atoms with Gasteiger partial charge in [-0.3, -0.25) is 4.79 Å². The molecule has 0 saturated heterocycles. The molecule has 22 heavy (non-hydrogen) atoms. The van der Waals surface area contributed by atoms with Gasteiger partial charge in [-0.25, -0.2) is 4.98 Å². The number of nitrogens with zero attached hydrogens (tertiary/aromatic N) is 3. The summed E-state index contributed by atoms with van der Waals surface area (Å²) >= 11 is 0. The first-order chi connectivity index (χ1) is 10.7. The molecule has 0 aromatic carbocycles. The quantitative estimate of drug-likeness (QED) is 0.850. The average molecular weight is 302 g/mol. The highest BCUT2D eigenvalue weighted by Gasteiger charge is 2.14. The summed E-state index contributed by atoms with van der Waals surface area (Å²) in [6, 6.07) is 5.51. The van der Waals surface area contributed by atoms with Crippen molar-refractivity contribution in [2.24, 2.45) is 0 Å². The largest absolute Gasteiger partial charge is 0.357 e. The predicted molar refractivity (Wildman–Crippen MR) is 84.8 cm³/mol. The fraction of sp³-hybridized carbons (Fsp3) is 0.438. The molecule has 0 radical (unpaired) electrons. The van der Waals surface area contributed by atoms with Gasteiger partial charge in [0.25, 0.3) is 5.91 Å². The minimum Gasteiger partial charge on any atom is -0.357 e. The van der Waals surface area contributed by atoms with Crippen LogP contribution in [0.3, 0.4) is 0 Å². The van der Waals surface area contributed by atoms with Gasteiger partial charge in [0.15, 0.2) is 0 Å². The molecule has 0 fully saturated rings. The van der Waals surface area contributed by atoms with Gasteiger partial charge in [0.05, 0.1) is 5.69 Å². The van der Waals surface area contributed by atoms with Crippen molar-refractivity contribution in [1.82, 2.24) is 15.5 Å². The highest BCUT2D eigenvalue weighted by molar-refractivity contribution is 5.91. The number of anilines is 1. The van der Waals surface area contributed by atoms with Crippen LogP contribution in [0.2, 0.25) is 0 Å². The maximum atomic E-state index is 12.1. The van der Waals surface area contributed by atoms with Crippen LogP contribution in [0.1, 0.15) is 42.6 Å². The molecule has 0 spiro atoms.